The maximum atomic E-state index is 12.0. The highest BCUT2D eigenvalue weighted by Crippen LogP contribution is 2.19. The molecular weight excluding hydrogens is 228 g/mol. The Morgan fingerprint density at radius 2 is 2.00 bits per heavy atom. The second-order valence-corrected chi connectivity index (χ2v) is 4.53. The minimum absolute atomic E-state index is 0.0144. The van der Waals surface area contributed by atoms with Gasteiger partial charge in [-0.05, 0) is 30.8 Å². The van der Waals surface area contributed by atoms with Crippen LogP contribution in [-0.2, 0) is 0 Å². The predicted molar refractivity (Wildman–Crippen MR) is 58.8 cm³/mol. The van der Waals surface area contributed by atoms with Gasteiger partial charge in [0.2, 0.25) is 0 Å². The van der Waals surface area contributed by atoms with E-state index < -0.39 is 5.97 Å². The predicted octanol–water partition coefficient (Wildman–Crippen LogP) is 1.47. The van der Waals surface area contributed by atoms with Crippen LogP contribution in [0.3, 0.4) is 0 Å². The highest BCUT2D eigenvalue weighted by Gasteiger charge is 2.25. The maximum Gasteiger partial charge on any atom is 0.339 e. The number of likely N-dealkylation sites (tertiary alicyclic amines) is 1. The molecule has 0 spiro atoms. The third-order valence-electron chi connectivity index (χ3n) is 2.64. The molecule has 1 aromatic rings. The Balaban J connectivity index is 2.19. The van der Waals surface area contributed by atoms with Crippen molar-refractivity contribution in [3.05, 3.63) is 16.6 Å². The molecule has 1 amide bonds. The van der Waals surface area contributed by atoms with Gasteiger partial charge in [0, 0.05) is 13.1 Å². The van der Waals surface area contributed by atoms with Crippen LogP contribution in [0.4, 0.5) is 0 Å². The van der Waals surface area contributed by atoms with Crippen molar-refractivity contribution in [2.45, 2.75) is 19.3 Å². The van der Waals surface area contributed by atoms with Crippen LogP contribution in [0.25, 0.3) is 0 Å². The summed E-state index contributed by atoms with van der Waals surface area (Å²) in [7, 11) is 0. The summed E-state index contributed by atoms with van der Waals surface area (Å²) in [6.45, 7) is 1.44. The van der Waals surface area contributed by atoms with Crippen molar-refractivity contribution in [2.75, 3.05) is 13.1 Å². The van der Waals surface area contributed by atoms with Gasteiger partial charge in [-0.2, -0.15) is 4.37 Å². The van der Waals surface area contributed by atoms with Gasteiger partial charge in [0.15, 0.2) is 0 Å². The number of hydrogen-bond donors (Lipinski definition) is 1. The Morgan fingerprint density at radius 1 is 1.31 bits per heavy atom. The summed E-state index contributed by atoms with van der Waals surface area (Å²) in [6.07, 6.45) is 4.36. The molecule has 5 nitrogen and oxygen atoms in total. The maximum absolute atomic E-state index is 12.0. The molecule has 1 N–H and O–H groups in total. The van der Waals surface area contributed by atoms with Gasteiger partial charge in [0.05, 0.1) is 6.20 Å². The van der Waals surface area contributed by atoms with E-state index in [-0.39, 0.29) is 16.3 Å². The minimum Gasteiger partial charge on any atom is -0.478 e. The summed E-state index contributed by atoms with van der Waals surface area (Å²) in [6, 6.07) is 0. The van der Waals surface area contributed by atoms with Crippen molar-refractivity contribution < 1.29 is 14.7 Å². The minimum atomic E-state index is -1.09. The Bertz CT molecular complexity index is 410. The highest BCUT2D eigenvalue weighted by atomic mass is 32.1. The Labute approximate surface area is 96.9 Å². The molecule has 6 heteroatoms. The number of aromatic carboxylic acids is 1. The first-order valence-electron chi connectivity index (χ1n) is 5.17. The van der Waals surface area contributed by atoms with Gasteiger partial charge in [-0.15, -0.1) is 0 Å². The van der Waals surface area contributed by atoms with E-state index in [0.29, 0.717) is 0 Å². The van der Waals surface area contributed by atoms with Crippen LogP contribution in [0, 0.1) is 0 Å². The number of hydrogen-bond acceptors (Lipinski definition) is 4. The SMILES string of the molecule is O=C(O)c1cnsc1C(=O)N1CCCCC1. The van der Waals surface area contributed by atoms with Crippen LogP contribution in [0.15, 0.2) is 6.20 Å². The molecule has 0 aliphatic carbocycles. The molecule has 0 bridgehead atoms. The quantitative estimate of drug-likeness (QED) is 0.849. The van der Waals surface area contributed by atoms with Gasteiger partial charge < -0.3 is 10.0 Å². The lowest BCUT2D eigenvalue weighted by Gasteiger charge is -2.26. The molecule has 16 heavy (non-hydrogen) atoms. The molecule has 0 atom stereocenters. The molecule has 86 valence electrons. The van der Waals surface area contributed by atoms with Gasteiger partial charge in [0.25, 0.3) is 5.91 Å². The number of rotatable bonds is 2. The third-order valence-corrected chi connectivity index (χ3v) is 3.43. The number of carboxylic acid groups (broad SMARTS) is 1. The van der Waals surface area contributed by atoms with Gasteiger partial charge >= 0.3 is 5.97 Å². The van der Waals surface area contributed by atoms with E-state index in [9.17, 15) is 9.59 Å². The average Bonchev–Trinajstić information content (AvgIpc) is 2.78. The molecule has 0 unspecified atom stereocenters. The second-order valence-electron chi connectivity index (χ2n) is 3.73. The van der Waals surface area contributed by atoms with E-state index in [4.69, 9.17) is 5.11 Å². The molecular formula is C10H12N2O3S. The molecule has 1 saturated heterocycles. The van der Waals surface area contributed by atoms with E-state index in [1.165, 1.54) is 6.20 Å². The second kappa shape index (κ2) is 4.61. The fourth-order valence-electron chi connectivity index (χ4n) is 1.79. The number of amides is 1. The van der Waals surface area contributed by atoms with Crippen molar-refractivity contribution in [1.82, 2.24) is 9.27 Å². The van der Waals surface area contributed by atoms with Crippen LogP contribution >= 0.6 is 11.5 Å². The summed E-state index contributed by atoms with van der Waals surface area (Å²) in [5.41, 5.74) is 0.0144. The lowest BCUT2D eigenvalue weighted by atomic mass is 10.1. The summed E-state index contributed by atoms with van der Waals surface area (Å²) >= 11 is 0.958. The van der Waals surface area contributed by atoms with Gasteiger partial charge in [-0.1, -0.05) is 0 Å². The monoisotopic (exact) mass is 240 g/mol. The van der Waals surface area contributed by atoms with Crippen molar-refractivity contribution in [3.63, 3.8) is 0 Å². The van der Waals surface area contributed by atoms with E-state index in [2.05, 4.69) is 4.37 Å². The van der Waals surface area contributed by atoms with Crippen LogP contribution in [0.2, 0.25) is 0 Å². The zero-order valence-electron chi connectivity index (χ0n) is 8.68. The number of aromatic nitrogens is 1. The van der Waals surface area contributed by atoms with Crippen molar-refractivity contribution in [3.8, 4) is 0 Å². The van der Waals surface area contributed by atoms with E-state index in [1.807, 2.05) is 0 Å². The largest absolute Gasteiger partial charge is 0.478 e. The zero-order valence-corrected chi connectivity index (χ0v) is 9.50. The van der Waals surface area contributed by atoms with Crippen molar-refractivity contribution in [2.24, 2.45) is 0 Å². The normalized spacial score (nSPS) is 16.1. The van der Waals surface area contributed by atoms with Crippen LogP contribution < -0.4 is 0 Å². The summed E-state index contributed by atoms with van der Waals surface area (Å²) in [4.78, 5) is 24.8. The van der Waals surface area contributed by atoms with Gasteiger partial charge in [-0.3, -0.25) is 4.79 Å². The van der Waals surface area contributed by atoms with E-state index in [0.717, 1.165) is 43.9 Å². The Morgan fingerprint density at radius 3 is 2.62 bits per heavy atom. The molecule has 0 saturated carbocycles. The fraction of sp³-hybridized carbons (Fsp3) is 0.500. The molecule has 2 heterocycles. The first-order chi connectivity index (χ1) is 7.70. The molecule has 1 aromatic heterocycles. The Hall–Kier alpha value is -1.43. The van der Waals surface area contributed by atoms with Gasteiger partial charge in [-0.25, -0.2) is 4.79 Å². The number of nitrogens with zero attached hydrogens (tertiary/aromatic N) is 2. The molecule has 1 aliphatic heterocycles. The number of carboxylic acids is 1. The van der Waals surface area contributed by atoms with Gasteiger partial charge in [0.1, 0.15) is 10.4 Å². The van der Waals surface area contributed by atoms with E-state index >= 15 is 0 Å². The summed E-state index contributed by atoms with van der Waals surface area (Å²) in [5.74, 6) is -1.28. The molecule has 0 radical (unpaired) electrons. The number of carbonyl (C=O) groups excluding carboxylic acids is 1. The van der Waals surface area contributed by atoms with Crippen molar-refractivity contribution in [1.29, 1.82) is 0 Å². The summed E-state index contributed by atoms with van der Waals surface area (Å²) < 4.78 is 3.77. The fourth-order valence-corrected chi connectivity index (χ4v) is 2.50. The van der Waals surface area contributed by atoms with E-state index in [1.54, 1.807) is 4.90 Å². The molecule has 1 aliphatic rings. The smallest absolute Gasteiger partial charge is 0.339 e. The molecule has 1 fully saturated rings. The Kier molecular flexibility index (Phi) is 3.19. The van der Waals surface area contributed by atoms with Crippen LogP contribution in [0.5, 0.6) is 0 Å². The lowest BCUT2D eigenvalue weighted by molar-refractivity contribution is 0.0669. The first-order valence-corrected chi connectivity index (χ1v) is 5.94. The molecule has 0 aromatic carbocycles. The van der Waals surface area contributed by atoms with Crippen LogP contribution in [-0.4, -0.2) is 39.3 Å². The standard InChI is InChI=1S/C10H12N2O3S/c13-9(12-4-2-1-3-5-12)8-7(10(14)15)6-11-16-8/h6H,1-5H2,(H,14,15). The topological polar surface area (TPSA) is 70.5 Å². The highest BCUT2D eigenvalue weighted by molar-refractivity contribution is 7.08. The van der Waals surface area contributed by atoms with Crippen LogP contribution in [0.1, 0.15) is 39.3 Å². The number of carbonyl (C=O) groups is 2. The number of piperidine rings is 1. The lowest BCUT2D eigenvalue weighted by Crippen LogP contribution is -2.35. The third kappa shape index (κ3) is 2.06. The van der Waals surface area contributed by atoms with Crippen molar-refractivity contribution >= 4 is 23.4 Å². The zero-order chi connectivity index (χ0) is 11.5. The average molecular weight is 240 g/mol. The first kappa shape index (κ1) is 11.1. The molecule has 2 rings (SSSR count). The summed E-state index contributed by atoms with van der Waals surface area (Å²) in [5, 5.41) is 8.90.